The zero-order valence-electron chi connectivity index (χ0n) is 13.9. The Bertz CT molecular complexity index is 1140. The molecule has 0 bridgehead atoms. The van der Waals surface area contributed by atoms with E-state index in [1.807, 2.05) is 26.0 Å². The molecule has 0 unspecified atom stereocenters. The molecule has 0 aliphatic heterocycles. The van der Waals surface area contributed by atoms with Crippen molar-refractivity contribution in [2.24, 2.45) is 0 Å². The van der Waals surface area contributed by atoms with Crippen LogP contribution in [0.1, 0.15) is 21.5 Å². The molecule has 130 valence electrons. The number of aromatic nitrogens is 2. The van der Waals surface area contributed by atoms with Gasteiger partial charge in [-0.05, 0) is 49.2 Å². The van der Waals surface area contributed by atoms with Crippen molar-refractivity contribution in [3.8, 4) is 23.0 Å². The van der Waals surface area contributed by atoms with E-state index in [1.165, 1.54) is 12.1 Å². The fourth-order valence-electron chi connectivity index (χ4n) is 2.76. The topological polar surface area (TPSA) is 89.4 Å². The average Bonchev–Trinajstić information content (AvgIpc) is 3.27. The molecule has 0 radical (unpaired) electrons. The van der Waals surface area contributed by atoms with E-state index < -0.39 is 5.97 Å². The van der Waals surface area contributed by atoms with Gasteiger partial charge in [-0.25, -0.2) is 4.79 Å². The fourth-order valence-corrected chi connectivity index (χ4v) is 3.03. The first kappa shape index (κ1) is 16.4. The zero-order chi connectivity index (χ0) is 18.4. The predicted octanol–water partition coefficient (Wildman–Crippen LogP) is 5.12. The van der Waals surface area contributed by atoms with Crippen LogP contribution < -0.4 is 0 Å². The number of nitrogens with zero attached hydrogens (tertiary/aromatic N) is 2. The van der Waals surface area contributed by atoms with E-state index in [0.717, 1.165) is 22.1 Å². The summed E-state index contributed by atoms with van der Waals surface area (Å²) < 4.78 is 11.2. The summed E-state index contributed by atoms with van der Waals surface area (Å²) >= 11 is 6.23. The van der Waals surface area contributed by atoms with E-state index >= 15 is 0 Å². The van der Waals surface area contributed by atoms with Gasteiger partial charge in [-0.2, -0.15) is 4.98 Å². The van der Waals surface area contributed by atoms with Gasteiger partial charge < -0.3 is 14.0 Å². The van der Waals surface area contributed by atoms with Crippen LogP contribution in [-0.2, 0) is 0 Å². The Labute approximate surface area is 153 Å². The fraction of sp³-hybridized carbons (Fsp3) is 0.105. The standard InChI is InChI=1S/C19H13ClN2O4/c1-9-7-14(20)10(2)13-8-15(25-16(9)13)18-21-17(22-26-18)11-3-5-12(6-4-11)19(23)24/h3-8H,1-2H3,(H,23,24). The van der Waals surface area contributed by atoms with Crippen LogP contribution in [0.5, 0.6) is 0 Å². The van der Waals surface area contributed by atoms with Crippen LogP contribution in [0.25, 0.3) is 34.0 Å². The van der Waals surface area contributed by atoms with Crippen LogP contribution in [0, 0.1) is 13.8 Å². The molecule has 0 spiro atoms. The first-order valence-corrected chi connectivity index (χ1v) is 8.19. The Morgan fingerprint density at radius 2 is 1.88 bits per heavy atom. The Kier molecular flexibility index (Phi) is 3.77. The quantitative estimate of drug-likeness (QED) is 0.540. The number of hydrogen-bond donors (Lipinski definition) is 1. The first-order chi connectivity index (χ1) is 12.4. The van der Waals surface area contributed by atoms with Gasteiger partial charge in [0.25, 0.3) is 5.89 Å². The summed E-state index contributed by atoms with van der Waals surface area (Å²) in [6, 6.07) is 9.92. The van der Waals surface area contributed by atoms with Crippen molar-refractivity contribution in [1.29, 1.82) is 0 Å². The summed E-state index contributed by atoms with van der Waals surface area (Å²) in [5, 5.41) is 14.5. The highest BCUT2D eigenvalue weighted by Gasteiger charge is 2.18. The molecule has 0 aliphatic carbocycles. The molecular formula is C19H13ClN2O4. The first-order valence-electron chi connectivity index (χ1n) is 7.81. The molecule has 0 atom stereocenters. The lowest BCUT2D eigenvalue weighted by molar-refractivity contribution is 0.0697. The van der Waals surface area contributed by atoms with Crippen molar-refractivity contribution in [3.63, 3.8) is 0 Å². The van der Waals surface area contributed by atoms with Crippen LogP contribution in [0.15, 0.2) is 45.3 Å². The smallest absolute Gasteiger partial charge is 0.335 e. The average molecular weight is 369 g/mol. The number of carboxylic acid groups (broad SMARTS) is 1. The van der Waals surface area contributed by atoms with Gasteiger partial charge in [0, 0.05) is 16.0 Å². The minimum atomic E-state index is -0.989. The van der Waals surface area contributed by atoms with Gasteiger partial charge in [-0.15, -0.1) is 0 Å². The summed E-state index contributed by atoms with van der Waals surface area (Å²) in [6.07, 6.45) is 0. The van der Waals surface area contributed by atoms with Crippen LogP contribution in [0.3, 0.4) is 0 Å². The number of aromatic carboxylic acids is 1. The molecule has 0 saturated carbocycles. The monoisotopic (exact) mass is 368 g/mol. The Balaban J connectivity index is 1.74. The molecule has 2 heterocycles. The Morgan fingerprint density at radius 1 is 1.15 bits per heavy atom. The number of halogens is 1. The third-order valence-corrected chi connectivity index (χ3v) is 4.62. The highest BCUT2D eigenvalue weighted by Crippen LogP contribution is 2.35. The van der Waals surface area contributed by atoms with Gasteiger partial charge in [0.1, 0.15) is 5.58 Å². The van der Waals surface area contributed by atoms with Gasteiger partial charge in [0.2, 0.25) is 5.82 Å². The minimum absolute atomic E-state index is 0.192. The summed E-state index contributed by atoms with van der Waals surface area (Å²) in [4.78, 5) is 15.3. The number of hydrogen-bond acceptors (Lipinski definition) is 5. The number of aryl methyl sites for hydroxylation is 2. The molecule has 0 saturated heterocycles. The SMILES string of the molecule is Cc1c(Cl)cc(C)c2oc(-c3nc(-c4ccc(C(=O)O)cc4)no3)cc12. The van der Waals surface area contributed by atoms with Gasteiger partial charge in [-0.1, -0.05) is 28.9 Å². The molecule has 2 aromatic heterocycles. The molecule has 4 aromatic rings. The highest BCUT2D eigenvalue weighted by molar-refractivity contribution is 6.32. The molecule has 2 aromatic carbocycles. The molecule has 0 fully saturated rings. The zero-order valence-corrected chi connectivity index (χ0v) is 14.7. The second-order valence-electron chi connectivity index (χ2n) is 5.96. The maximum absolute atomic E-state index is 10.9. The number of rotatable bonds is 3. The molecular weight excluding hydrogens is 356 g/mol. The lowest BCUT2D eigenvalue weighted by Crippen LogP contribution is -1.95. The lowest BCUT2D eigenvalue weighted by Gasteiger charge is -2.01. The molecule has 6 nitrogen and oxygen atoms in total. The summed E-state index contributed by atoms with van der Waals surface area (Å²) in [5.74, 6) is 0.0590. The normalized spacial score (nSPS) is 11.2. The van der Waals surface area contributed by atoms with E-state index in [2.05, 4.69) is 10.1 Å². The lowest BCUT2D eigenvalue weighted by atomic mass is 10.1. The van der Waals surface area contributed by atoms with Crippen LogP contribution in [-0.4, -0.2) is 21.2 Å². The van der Waals surface area contributed by atoms with Crippen LogP contribution in [0.4, 0.5) is 0 Å². The van der Waals surface area contributed by atoms with Crippen molar-refractivity contribution < 1.29 is 18.8 Å². The number of benzene rings is 2. The predicted molar refractivity (Wildman–Crippen MR) is 96.4 cm³/mol. The maximum Gasteiger partial charge on any atom is 0.335 e. The Hall–Kier alpha value is -3.12. The largest absolute Gasteiger partial charge is 0.478 e. The van der Waals surface area contributed by atoms with Crippen molar-refractivity contribution >= 4 is 28.5 Å². The second-order valence-corrected chi connectivity index (χ2v) is 6.37. The summed E-state index contributed by atoms with van der Waals surface area (Å²) in [6.45, 7) is 3.84. The number of fused-ring (bicyclic) bond motifs is 1. The number of furan rings is 1. The number of carboxylic acids is 1. The van der Waals surface area contributed by atoms with Gasteiger partial charge in [-0.3, -0.25) is 0 Å². The van der Waals surface area contributed by atoms with Crippen molar-refractivity contribution in [1.82, 2.24) is 10.1 Å². The Morgan fingerprint density at radius 3 is 2.58 bits per heavy atom. The highest BCUT2D eigenvalue weighted by atomic mass is 35.5. The second kappa shape index (κ2) is 6.00. The van der Waals surface area contributed by atoms with Crippen molar-refractivity contribution in [3.05, 3.63) is 58.1 Å². The van der Waals surface area contributed by atoms with E-state index in [0.29, 0.717) is 22.2 Å². The van der Waals surface area contributed by atoms with Crippen LogP contribution in [0.2, 0.25) is 5.02 Å². The molecule has 4 rings (SSSR count). The van der Waals surface area contributed by atoms with Gasteiger partial charge in [0.05, 0.1) is 5.56 Å². The summed E-state index contributed by atoms with van der Waals surface area (Å²) in [7, 11) is 0. The van der Waals surface area contributed by atoms with E-state index in [4.69, 9.17) is 25.6 Å². The molecule has 0 amide bonds. The summed E-state index contributed by atoms with van der Waals surface area (Å²) in [5.41, 5.74) is 3.42. The van der Waals surface area contributed by atoms with Gasteiger partial charge in [0.15, 0.2) is 5.76 Å². The van der Waals surface area contributed by atoms with E-state index in [9.17, 15) is 4.79 Å². The van der Waals surface area contributed by atoms with Gasteiger partial charge >= 0.3 is 5.97 Å². The number of carbonyl (C=O) groups is 1. The van der Waals surface area contributed by atoms with E-state index in [-0.39, 0.29) is 11.5 Å². The van der Waals surface area contributed by atoms with Crippen molar-refractivity contribution in [2.75, 3.05) is 0 Å². The van der Waals surface area contributed by atoms with Crippen LogP contribution >= 0.6 is 11.6 Å². The third-order valence-electron chi connectivity index (χ3n) is 4.22. The maximum atomic E-state index is 10.9. The molecule has 1 N–H and O–H groups in total. The molecule has 7 heteroatoms. The molecule has 0 aliphatic rings. The van der Waals surface area contributed by atoms with Crippen molar-refractivity contribution in [2.45, 2.75) is 13.8 Å². The third kappa shape index (κ3) is 2.64. The minimum Gasteiger partial charge on any atom is -0.478 e. The molecule has 26 heavy (non-hydrogen) atoms. The van der Waals surface area contributed by atoms with E-state index in [1.54, 1.807) is 12.1 Å².